The summed E-state index contributed by atoms with van der Waals surface area (Å²) >= 11 is 0. The molecule has 0 spiro atoms. The molecule has 4 heteroatoms. The lowest BCUT2D eigenvalue weighted by molar-refractivity contribution is 0.197. The second-order valence-electron chi connectivity index (χ2n) is 5.57. The summed E-state index contributed by atoms with van der Waals surface area (Å²) in [5, 5.41) is 9.12. The largest absolute Gasteiger partial charge is 0.394 e. The molecule has 1 atom stereocenters. The van der Waals surface area contributed by atoms with Gasteiger partial charge in [0.05, 0.1) is 17.6 Å². The zero-order chi connectivity index (χ0) is 13.9. The first kappa shape index (κ1) is 14.0. The van der Waals surface area contributed by atoms with Crippen LogP contribution in [0.15, 0.2) is 24.3 Å². The number of aliphatic hydroxyl groups is 1. The topological polar surface area (TPSA) is 64.1 Å². The van der Waals surface area contributed by atoms with Crippen LogP contribution in [0.25, 0.3) is 11.0 Å². The Balaban J connectivity index is 1.97. The van der Waals surface area contributed by atoms with Crippen LogP contribution in [0.5, 0.6) is 0 Å². The Morgan fingerprint density at radius 3 is 2.79 bits per heavy atom. The molecule has 3 N–H and O–H groups in total. The fraction of sp³-hybridized carbons (Fsp3) is 0.533. The average Bonchev–Trinajstić information content (AvgIpc) is 2.71. The number of hydrogen-bond acceptors (Lipinski definition) is 3. The molecule has 2 aromatic rings. The van der Waals surface area contributed by atoms with E-state index in [9.17, 15) is 0 Å². The Labute approximate surface area is 114 Å². The lowest BCUT2D eigenvalue weighted by Gasteiger charge is -2.21. The van der Waals surface area contributed by atoms with Gasteiger partial charge in [-0.2, -0.15) is 0 Å². The van der Waals surface area contributed by atoms with Gasteiger partial charge in [0, 0.05) is 12.1 Å². The van der Waals surface area contributed by atoms with Crippen molar-refractivity contribution in [2.75, 3.05) is 6.61 Å². The van der Waals surface area contributed by atoms with Gasteiger partial charge in [-0.1, -0.05) is 12.1 Å². The highest BCUT2D eigenvalue weighted by atomic mass is 16.3. The zero-order valence-electron chi connectivity index (χ0n) is 11.8. The summed E-state index contributed by atoms with van der Waals surface area (Å²) in [4.78, 5) is 4.56. The van der Waals surface area contributed by atoms with Gasteiger partial charge in [0.1, 0.15) is 5.82 Å². The van der Waals surface area contributed by atoms with E-state index >= 15 is 0 Å². The second-order valence-corrected chi connectivity index (χ2v) is 5.57. The number of unbranched alkanes of at least 4 members (excludes halogenated alkanes) is 1. The third-order valence-electron chi connectivity index (χ3n) is 3.59. The molecule has 0 aliphatic heterocycles. The molecule has 1 unspecified atom stereocenters. The summed E-state index contributed by atoms with van der Waals surface area (Å²) in [5.74, 6) is 1.05. The highest BCUT2D eigenvalue weighted by Gasteiger charge is 2.16. The summed E-state index contributed by atoms with van der Waals surface area (Å²) in [7, 11) is 0. The number of fused-ring (bicyclic) bond motifs is 1. The number of aliphatic hydroxyl groups excluding tert-OH is 1. The van der Waals surface area contributed by atoms with Crippen LogP contribution < -0.4 is 5.73 Å². The molecule has 0 saturated carbocycles. The van der Waals surface area contributed by atoms with Gasteiger partial charge in [-0.25, -0.2) is 4.98 Å². The maximum absolute atomic E-state index is 9.12. The fourth-order valence-electron chi connectivity index (χ4n) is 2.36. The van der Waals surface area contributed by atoms with E-state index in [1.807, 2.05) is 32.0 Å². The van der Waals surface area contributed by atoms with Crippen molar-refractivity contribution >= 4 is 11.0 Å². The van der Waals surface area contributed by atoms with Crippen molar-refractivity contribution in [1.29, 1.82) is 0 Å². The summed E-state index contributed by atoms with van der Waals surface area (Å²) in [6.45, 7) is 4.93. The second kappa shape index (κ2) is 5.72. The summed E-state index contributed by atoms with van der Waals surface area (Å²) < 4.78 is 2.25. The van der Waals surface area contributed by atoms with Crippen LogP contribution in [0.1, 0.15) is 32.0 Å². The molecule has 0 fully saturated rings. The van der Waals surface area contributed by atoms with Gasteiger partial charge in [-0.05, 0) is 45.2 Å². The van der Waals surface area contributed by atoms with E-state index in [2.05, 4.69) is 15.6 Å². The van der Waals surface area contributed by atoms with Crippen LogP contribution in [-0.4, -0.2) is 26.8 Å². The Hall–Kier alpha value is -1.39. The van der Waals surface area contributed by atoms with Gasteiger partial charge in [-0.15, -0.1) is 0 Å². The number of rotatable bonds is 6. The smallest absolute Gasteiger partial charge is 0.106 e. The van der Waals surface area contributed by atoms with Crippen LogP contribution in [0.2, 0.25) is 0 Å². The van der Waals surface area contributed by atoms with Crippen molar-refractivity contribution in [1.82, 2.24) is 9.55 Å². The first-order chi connectivity index (χ1) is 9.03. The molecule has 104 valence electrons. The van der Waals surface area contributed by atoms with E-state index in [1.165, 1.54) is 5.52 Å². The van der Waals surface area contributed by atoms with E-state index in [1.54, 1.807) is 0 Å². The zero-order valence-corrected chi connectivity index (χ0v) is 11.8. The lowest BCUT2D eigenvalue weighted by Crippen LogP contribution is -2.39. The third-order valence-corrected chi connectivity index (χ3v) is 3.59. The van der Waals surface area contributed by atoms with Crippen molar-refractivity contribution in [3.05, 3.63) is 30.1 Å². The maximum Gasteiger partial charge on any atom is 0.106 e. The molecule has 1 aromatic carbocycles. The third kappa shape index (κ3) is 3.33. The minimum atomic E-state index is -0.452. The van der Waals surface area contributed by atoms with Gasteiger partial charge >= 0.3 is 0 Å². The molecule has 0 aliphatic rings. The number of hydrogen-bond donors (Lipinski definition) is 2. The van der Waals surface area contributed by atoms with Crippen LogP contribution in [0.3, 0.4) is 0 Å². The predicted octanol–water partition coefficient (Wildman–Crippen LogP) is 2.22. The van der Waals surface area contributed by atoms with Crippen molar-refractivity contribution < 1.29 is 5.11 Å². The average molecular weight is 261 g/mol. The van der Waals surface area contributed by atoms with E-state index in [0.717, 1.165) is 37.1 Å². The standard InChI is InChI=1S/C15H23N3O/c1-12-17-13-7-3-4-8-14(13)18(12)10-6-5-9-15(2,16)11-19/h3-4,7-8,19H,5-6,9-11,16H2,1-2H3. The highest BCUT2D eigenvalue weighted by molar-refractivity contribution is 5.75. The molecule has 2 rings (SSSR count). The van der Waals surface area contributed by atoms with Gasteiger partial charge in [0.15, 0.2) is 0 Å². The van der Waals surface area contributed by atoms with E-state index in [-0.39, 0.29) is 6.61 Å². The quantitative estimate of drug-likeness (QED) is 0.784. The monoisotopic (exact) mass is 261 g/mol. The van der Waals surface area contributed by atoms with E-state index in [4.69, 9.17) is 10.8 Å². The van der Waals surface area contributed by atoms with Crippen LogP contribution in [0.4, 0.5) is 0 Å². The number of imidazole rings is 1. The van der Waals surface area contributed by atoms with Crippen LogP contribution in [0, 0.1) is 6.92 Å². The molecule has 4 nitrogen and oxygen atoms in total. The Morgan fingerprint density at radius 2 is 2.05 bits per heavy atom. The van der Waals surface area contributed by atoms with Gasteiger partial charge in [0.2, 0.25) is 0 Å². The molecular weight excluding hydrogens is 238 g/mol. The first-order valence-corrected chi connectivity index (χ1v) is 6.85. The molecule has 0 amide bonds. The van der Waals surface area contributed by atoms with Crippen molar-refractivity contribution in [3.63, 3.8) is 0 Å². The SMILES string of the molecule is Cc1nc2ccccc2n1CCCCC(C)(N)CO. The number of aromatic nitrogens is 2. The maximum atomic E-state index is 9.12. The van der Waals surface area contributed by atoms with Crippen LogP contribution in [-0.2, 0) is 6.54 Å². The summed E-state index contributed by atoms with van der Waals surface area (Å²) in [6, 6.07) is 8.21. The number of nitrogens with two attached hydrogens (primary N) is 1. The van der Waals surface area contributed by atoms with Crippen molar-refractivity contribution in [2.24, 2.45) is 5.73 Å². The van der Waals surface area contributed by atoms with Crippen molar-refractivity contribution in [3.8, 4) is 0 Å². The molecule has 0 radical (unpaired) electrons. The normalized spacial score (nSPS) is 14.7. The number of nitrogens with zero attached hydrogens (tertiary/aromatic N) is 2. The highest BCUT2D eigenvalue weighted by Crippen LogP contribution is 2.17. The molecular formula is C15H23N3O. The van der Waals surface area contributed by atoms with Gasteiger partial charge in [0.25, 0.3) is 0 Å². The minimum absolute atomic E-state index is 0.0417. The molecule has 1 aromatic heterocycles. The van der Waals surface area contributed by atoms with Gasteiger partial charge < -0.3 is 15.4 Å². The number of para-hydroxylation sites is 2. The van der Waals surface area contributed by atoms with Crippen molar-refractivity contribution in [2.45, 2.75) is 45.2 Å². The molecule has 0 aliphatic carbocycles. The first-order valence-electron chi connectivity index (χ1n) is 6.85. The number of aryl methyl sites for hydroxylation is 2. The molecule has 19 heavy (non-hydrogen) atoms. The minimum Gasteiger partial charge on any atom is -0.394 e. The van der Waals surface area contributed by atoms with E-state index in [0.29, 0.717) is 0 Å². The summed E-state index contributed by atoms with van der Waals surface area (Å²) in [5.41, 5.74) is 7.72. The Kier molecular flexibility index (Phi) is 4.22. The molecule has 1 heterocycles. The Morgan fingerprint density at radius 1 is 1.32 bits per heavy atom. The van der Waals surface area contributed by atoms with Crippen LogP contribution >= 0.6 is 0 Å². The lowest BCUT2D eigenvalue weighted by atomic mass is 9.97. The number of benzene rings is 1. The fourth-order valence-corrected chi connectivity index (χ4v) is 2.36. The van der Waals surface area contributed by atoms with Gasteiger partial charge in [-0.3, -0.25) is 0 Å². The summed E-state index contributed by atoms with van der Waals surface area (Å²) in [6.07, 6.45) is 2.91. The molecule has 0 bridgehead atoms. The van der Waals surface area contributed by atoms with E-state index < -0.39 is 5.54 Å². The predicted molar refractivity (Wildman–Crippen MR) is 78.0 cm³/mol. The Bertz CT molecular complexity index is 545. The molecule has 0 saturated heterocycles.